The molecule has 2 N–H and O–H groups in total. The molecule has 11 nitrogen and oxygen atoms in total. The lowest BCUT2D eigenvalue weighted by Gasteiger charge is -2.06. The first-order valence-electron chi connectivity index (χ1n) is 7.33. The number of nitrogens with zero attached hydrogens (tertiary/aromatic N) is 4. The van der Waals surface area contributed by atoms with Crippen molar-refractivity contribution in [2.45, 2.75) is 4.90 Å². The Balaban J connectivity index is 1.72. The SMILES string of the molecule is Cn1c(=O)[nH]c(=O)c2cc(S(=O)(=O)Nc3noc(-c4ccsc4)n3)cnc21. The maximum atomic E-state index is 12.6. The summed E-state index contributed by atoms with van der Waals surface area (Å²) >= 11 is 1.43. The van der Waals surface area contributed by atoms with Crippen LogP contribution in [0.5, 0.6) is 0 Å². The van der Waals surface area contributed by atoms with E-state index in [0.717, 1.165) is 16.8 Å². The van der Waals surface area contributed by atoms with Gasteiger partial charge in [-0.05, 0) is 22.7 Å². The summed E-state index contributed by atoms with van der Waals surface area (Å²) in [6, 6.07) is 2.86. The largest absolute Gasteiger partial charge is 0.332 e. The summed E-state index contributed by atoms with van der Waals surface area (Å²) < 4.78 is 33.4. The zero-order valence-electron chi connectivity index (χ0n) is 13.5. The van der Waals surface area contributed by atoms with E-state index in [4.69, 9.17) is 4.52 Å². The van der Waals surface area contributed by atoms with Crippen molar-refractivity contribution in [3.63, 3.8) is 0 Å². The van der Waals surface area contributed by atoms with E-state index < -0.39 is 21.3 Å². The molecule has 0 unspecified atom stereocenters. The van der Waals surface area contributed by atoms with Crippen LogP contribution in [0, 0.1) is 0 Å². The molecule has 27 heavy (non-hydrogen) atoms. The number of pyridine rings is 1. The van der Waals surface area contributed by atoms with E-state index in [0.29, 0.717) is 5.56 Å². The summed E-state index contributed by atoms with van der Waals surface area (Å²) in [7, 11) is -2.73. The van der Waals surface area contributed by atoms with E-state index in [2.05, 4.69) is 24.8 Å². The lowest BCUT2D eigenvalue weighted by atomic mass is 10.3. The second-order valence-corrected chi connectivity index (χ2v) is 7.86. The number of aryl methyl sites for hydroxylation is 1. The number of aromatic nitrogens is 5. The van der Waals surface area contributed by atoms with Gasteiger partial charge in [0.1, 0.15) is 10.5 Å². The van der Waals surface area contributed by atoms with Gasteiger partial charge in [-0.25, -0.2) is 22.9 Å². The molecule has 0 aromatic carbocycles. The van der Waals surface area contributed by atoms with Crippen LogP contribution in [-0.4, -0.2) is 33.1 Å². The molecule has 4 aromatic heterocycles. The molecule has 138 valence electrons. The first kappa shape index (κ1) is 17.1. The van der Waals surface area contributed by atoms with Crippen molar-refractivity contribution in [1.82, 2.24) is 24.7 Å². The lowest BCUT2D eigenvalue weighted by molar-refractivity contribution is 0.433. The average molecular weight is 406 g/mol. The van der Waals surface area contributed by atoms with Gasteiger partial charge in [-0.1, -0.05) is 0 Å². The van der Waals surface area contributed by atoms with Gasteiger partial charge in [0, 0.05) is 18.6 Å². The van der Waals surface area contributed by atoms with Crippen LogP contribution in [0.4, 0.5) is 5.95 Å². The minimum atomic E-state index is -4.14. The fourth-order valence-corrected chi connectivity index (χ4v) is 3.85. The van der Waals surface area contributed by atoms with Crippen molar-refractivity contribution in [3.05, 3.63) is 49.9 Å². The molecular formula is C14H10N6O5S2. The van der Waals surface area contributed by atoms with Crippen LogP contribution < -0.4 is 16.0 Å². The summed E-state index contributed by atoms with van der Waals surface area (Å²) in [5.41, 5.74) is -0.668. The van der Waals surface area contributed by atoms with Gasteiger partial charge in [-0.3, -0.25) is 14.3 Å². The van der Waals surface area contributed by atoms with Crippen LogP contribution in [0.2, 0.25) is 0 Å². The zero-order chi connectivity index (χ0) is 19.2. The Bertz CT molecular complexity index is 1370. The summed E-state index contributed by atoms with van der Waals surface area (Å²) in [5, 5.41) is 7.12. The van der Waals surface area contributed by atoms with E-state index in [-0.39, 0.29) is 27.8 Å². The number of rotatable bonds is 4. The molecule has 4 heterocycles. The predicted molar refractivity (Wildman–Crippen MR) is 96.0 cm³/mol. The molecule has 0 aliphatic carbocycles. The van der Waals surface area contributed by atoms with Gasteiger partial charge in [-0.2, -0.15) is 16.3 Å². The molecule has 0 fully saturated rings. The van der Waals surface area contributed by atoms with Gasteiger partial charge in [-0.15, -0.1) is 0 Å². The monoisotopic (exact) mass is 406 g/mol. The number of fused-ring (bicyclic) bond motifs is 1. The molecule has 0 radical (unpaired) electrons. The van der Waals surface area contributed by atoms with E-state index in [1.165, 1.54) is 18.4 Å². The molecule has 0 bridgehead atoms. The number of thiophene rings is 1. The molecule has 13 heteroatoms. The van der Waals surface area contributed by atoms with Gasteiger partial charge >= 0.3 is 5.69 Å². The summed E-state index contributed by atoms with van der Waals surface area (Å²) in [6.07, 6.45) is 1.03. The van der Waals surface area contributed by atoms with Crippen molar-refractivity contribution in [2.24, 2.45) is 7.05 Å². The number of aromatic amines is 1. The highest BCUT2D eigenvalue weighted by Crippen LogP contribution is 2.22. The standard InChI is InChI=1S/C14H10N6O5S2/c1-20-10-9(11(21)16-14(20)22)4-8(5-15-10)27(23,24)19-13-17-12(25-18-13)7-2-3-26-6-7/h2-6H,1H3,(H,18,19)(H,16,21,22). The first-order valence-corrected chi connectivity index (χ1v) is 9.76. The third-order valence-electron chi connectivity index (χ3n) is 3.66. The van der Waals surface area contributed by atoms with Crippen molar-refractivity contribution in [3.8, 4) is 11.5 Å². The van der Waals surface area contributed by atoms with Gasteiger partial charge in [0.25, 0.3) is 27.4 Å². The van der Waals surface area contributed by atoms with Crippen LogP contribution in [0.25, 0.3) is 22.5 Å². The Labute approximate surface area is 154 Å². The highest BCUT2D eigenvalue weighted by molar-refractivity contribution is 7.92. The Morgan fingerprint density at radius 1 is 1.33 bits per heavy atom. The van der Waals surface area contributed by atoms with Crippen molar-refractivity contribution in [2.75, 3.05) is 4.72 Å². The molecule has 0 atom stereocenters. The predicted octanol–water partition coefficient (Wildman–Crippen LogP) is 0.534. The number of hydrogen-bond donors (Lipinski definition) is 2. The Hall–Kier alpha value is -3.32. The maximum absolute atomic E-state index is 12.6. The van der Waals surface area contributed by atoms with E-state index in [1.807, 2.05) is 5.38 Å². The number of hydrogen-bond acceptors (Lipinski definition) is 9. The molecular weight excluding hydrogens is 396 g/mol. The van der Waals surface area contributed by atoms with Gasteiger partial charge in [0.2, 0.25) is 0 Å². The van der Waals surface area contributed by atoms with Crippen LogP contribution in [0.3, 0.4) is 0 Å². The number of nitrogens with one attached hydrogen (secondary N) is 2. The third kappa shape index (κ3) is 3.02. The molecule has 0 saturated heterocycles. The average Bonchev–Trinajstić information content (AvgIpc) is 3.30. The highest BCUT2D eigenvalue weighted by atomic mass is 32.2. The summed E-state index contributed by atoms with van der Waals surface area (Å²) in [4.78, 5) is 33.2. The fourth-order valence-electron chi connectivity index (χ4n) is 2.31. The quantitative estimate of drug-likeness (QED) is 0.498. The smallest absolute Gasteiger partial charge is 0.329 e. The van der Waals surface area contributed by atoms with Crippen molar-refractivity contribution < 1.29 is 12.9 Å². The normalized spacial score (nSPS) is 11.7. The zero-order valence-corrected chi connectivity index (χ0v) is 15.2. The lowest BCUT2D eigenvalue weighted by Crippen LogP contribution is -2.29. The topological polar surface area (TPSA) is 153 Å². The van der Waals surface area contributed by atoms with Crippen LogP contribution in [0.15, 0.2) is 48.1 Å². The molecule has 0 spiro atoms. The Morgan fingerprint density at radius 3 is 2.89 bits per heavy atom. The van der Waals surface area contributed by atoms with Gasteiger partial charge in [0.05, 0.1) is 10.9 Å². The summed E-state index contributed by atoms with van der Waals surface area (Å²) in [5.74, 6) is -0.0947. The Morgan fingerprint density at radius 2 is 2.15 bits per heavy atom. The van der Waals surface area contributed by atoms with Crippen LogP contribution in [0.1, 0.15) is 0 Å². The molecule has 4 aromatic rings. The minimum absolute atomic E-state index is 0.0490. The maximum Gasteiger partial charge on any atom is 0.329 e. The van der Waals surface area contributed by atoms with Gasteiger partial charge < -0.3 is 4.52 Å². The van der Waals surface area contributed by atoms with Gasteiger partial charge in [0.15, 0.2) is 0 Å². The second kappa shape index (κ2) is 6.14. The van der Waals surface area contributed by atoms with E-state index in [1.54, 1.807) is 11.4 Å². The molecule has 0 saturated carbocycles. The highest BCUT2D eigenvalue weighted by Gasteiger charge is 2.20. The molecule has 0 aliphatic rings. The van der Waals surface area contributed by atoms with Crippen molar-refractivity contribution in [1.29, 1.82) is 0 Å². The van der Waals surface area contributed by atoms with E-state index >= 15 is 0 Å². The fraction of sp³-hybridized carbons (Fsp3) is 0.0714. The minimum Gasteiger partial charge on any atom is -0.332 e. The first-order chi connectivity index (χ1) is 12.8. The van der Waals surface area contributed by atoms with Crippen LogP contribution in [-0.2, 0) is 17.1 Å². The number of anilines is 1. The van der Waals surface area contributed by atoms with Crippen LogP contribution >= 0.6 is 11.3 Å². The number of H-pyrrole nitrogens is 1. The third-order valence-corrected chi connectivity index (χ3v) is 5.64. The Kier molecular flexibility index (Phi) is 3.89. The molecule has 4 rings (SSSR count). The van der Waals surface area contributed by atoms with Crippen molar-refractivity contribution >= 4 is 38.3 Å². The van der Waals surface area contributed by atoms with E-state index in [9.17, 15) is 18.0 Å². The molecule has 0 aliphatic heterocycles. The number of sulfonamides is 1. The summed E-state index contributed by atoms with van der Waals surface area (Å²) in [6.45, 7) is 0. The second-order valence-electron chi connectivity index (χ2n) is 5.40. The molecule has 0 amide bonds.